The average Bonchev–Trinajstić information content (AvgIpc) is 2.87. The number of benzene rings is 1. The average molecular weight is 343 g/mol. The molecule has 0 aromatic heterocycles. The second-order valence-corrected chi connectivity index (χ2v) is 5.77. The van der Waals surface area contributed by atoms with E-state index >= 15 is 0 Å². The summed E-state index contributed by atoms with van der Waals surface area (Å²) in [5, 5.41) is -0.0600. The van der Waals surface area contributed by atoms with Crippen LogP contribution < -0.4 is 9.47 Å². The van der Waals surface area contributed by atoms with Crippen LogP contribution in [0.25, 0.3) is 0 Å². The second kappa shape index (κ2) is 7.08. The molecule has 1 aliphatic rings. The summed E-state index contributed by atoms with van der Waals surface area (Å²) in [4.78, 5) is 24.4. The molecule has 1 aromatic rings. The molecular formula is C16H19ClO6. The van der Waals surface area contributed by atoms with Crippen LogP contribution in [-0.4, -0.2) is 36.3 Å². The lowest BCUT2D eigenvalue weighted by molar-refractivity contribution is -0.202. The van der Waals surface area contributed by atoms with E-state index in [0.29, 0.717) is 6.42 Å². The highest BCUT2D eigenvalue weighted by Gasteiger charge is 2.59. The smallest absolute Gasteiger partial charge is 0.453 e. The lowest BCUT2D eigenvalue weighted by Gasteiger charge is -2.22. The first kappa shape index (κ1) is 17.4. The predicted molar refractivity (Wildman–Crippen MR) is 82.7 cm³/mol. The van der Waals surface area contributed by atoms with Gasteiger partial charge in [-0.25, -0.2) is 9.59 Å². The van der Waals surface area contributed by atoms with Gasteiger partial charge in [0, 0.05) is 5.38 Å². The number of carbonyl (C=O) groups is 2. The Kier molecular flexibility index (Phi) is 5.36. The van der Waals surface area contributed by atoms with Crippen molar-refractivity contribution < 1.29 is 28.5 Å². The molecule has 0 unspecified atom stereocenters. The van der Waals surface area contributed by atoms with Crippen LogP contribution in [0.4, 0.5) is 0 Å². The van der Waals surface area contributed by atoms with Crippen molar-refractivity contribution in [2.75, 3.05) is 13.2 Å². The molecule has 23 heavy (non-hydrogen) atoms. The van der Waals surface area contributed by atoms with Crippen LogP contribution >= 0.6 is 11.6 Å². The zero-order valence-corrected chi connectivity index (χ0v) is 14.0. The van der Waals surface area contributed by atoms with Crippen LogP contribution in [0.1, 0.15) is 26.3 Å². The number of hydrogen-bond acceptors (Lipinski definition) is 6. The van der Waals surface area contributed by atoms with Gasteiger partial charge in [-0.2, -0.15) is 0 Å². The van der Waals surface area contributed by atoms with Crippen LogP contribution in [0, 0.1) is 0 Å². The standard InChI is InChI=1S/C16H19ClO6/c1-4-20-14(18)16(15(19)21-5-2)22-12-7-6-11(8-10(3)17)9-13(12)23-16/h6-7,9-10H,4-5,8H2,1-3H3/t10-/m1/s1. The summed E-state index contributed by atoms with van der Waals surface area (Å²) in [6.07, 6.45) is 0.615. The van der Waals surface area contributed by atoms with E-state index in [9.17, 15) is 9.59 Å². The lowest BCUT2D eigenvalue weighted by atomic mass is 10.1. The van der Waals surface area contributed by atoms with Crippen LogP contribution in [0.15, 0.2) is 18.2 Å². The van der Waals surface area contributed by atoms with Gasteiger partial charge in [-0.15, -0.1) is 11.6 Å². The Balaban J connectivity index is 2.32. The molecule has 1 aromatic carbocycles. The van der Waals surface area contributed by atoms with Crippen molar-refractivity contribution in [3.63, 3.8) is 0 Å². The molecule has 1 aliphatic heterocycles. The SMILES string of the molecule is CCOC(=O)C1(C(=O)OCC)Oc2ccc(C[C@@H](C)Cl)cc2O1. The Morgan fingerprint density at radius 3 is 2.22 bits per heavy atom. The van der Waals surface area contributed by atoms with Crippen LogP contribution in [0.5, 0.6) is 11.5 Å². The topological polar surface area (TPSA) is 71.1 Å². The molecule has 0 radical (unpaired) electrons. The minimum atomic E-state index is -2.25. The molecule has 0 saturated heterocycles. The summed E-state index contributed by atoms with van der Waals surface area (Å²) in [6, 6.07) is 5.12. The maximum Gasteiger partial charge on any atom is 0.453 e. The summed E-state index contributed by atoms with van der Waals surface area (Å²) in [7, 11) is 0. The molecule has 1 atom stereocenters. The van der Waals surface area contributed by atoms with Gasteiger partial charge in [-0.3, -0.25) is 0 Å². The summed E-state index contributed by atoms with van der Waals surface area (Å²) >= 11 is 5.98. The van der Waals surface area contributed by atoms with E-state index in [4.69, 9.17) is 30.5 Å². The molecule has 0 spiro atoms. The van der Waals surface area contributed by atoms with Gasteiger partial charge in [0.1, 0.15) is 0 Å². The minimum absolute atomic E-state index is 0.0600. The highest BCUT2D eigenvalue weighted by molar-refractivity contribution is 6.20. The molecule has 0 aliphatic carbocycles. The number of halogens is 1. The zero-order chi connectivity index (χ0) is 17.0. The fourth-order valence-corrected chi connectivity index (χ4v) is 2.38. The largest absolute Gasteiger partial charge is 0.460 e. The number of fused-ring (bicyclic) bond motifs is 1. The third-order valence-electron chi connectivity index (χ3n) is 3.12. The third-order valence-corrected chi connectivity index (χ3v) is 3.28. The van der Waals surface area contributed by atoms with Crippen molar-refractivity contribution >= 4 is 23.5 Å². The van der Waals surface area contributed by atoms with Crippen molar-refractivity contribution in [2.45, 2.75) is 38.4 Å². The van der Waals surface area contributed by atoms with Gasteiger partial charge in [0.15, 0.2) is 11.5 Å². The number of carbonyl (C=O) groups excluding carboxylic acids is 2. The second-order valence-electron chi connectivity index (χ2n) is 5.03. The molecule has 1 heterocycles. The third kappa shape index (κ3) is 3.52. The van der Waals surface area contributed by atoms with E-state index in [2.05, 4.69) is 0 Å². The molecule has 6 nitrogen and oxygen atoms in total. The Morgan fingerprint density at radius 1 is 1.13 bits per heavy atom. The van der Waals surface area contributed by atoms with Gasteiger partial charge in [-0.05, 0) is 44.9 Å². The first-order chi connectivity index (χ1) is 10.9. The Labute approximate surface area is 139 Å². The number of rotatable bonds is 6. The lowest BCUT2D eigenvalue weighted by Crippen LogP contribution is -2.55. The molecule has 0 amide bonds. The normalized spacial score (nSPS) is 15.8. The van der Waals surface area contributed by atoms with Gasteiger partial charge in [-0.1, -0.05) is 6.07 Å². The van der Waals surface area contributed by atoms with E-state index in [-0.39, 0.29) is 30.1 Å². The van der Waals surface area contributed by atoms with Gasteiger partial charge >= 0.3 is 17.7 Å². The molecule has 0 fully saturated rings. The summed E-state index contributed by atoms with van der Waals surface area (Å²) < 4.78 is 20.8. The molecule has 0 N–H and O–H groups in total. The first-order valence-electron chi connectivity index (χ1n) is 7.42. The number of alkyl halides is 1. The number of ether oxygens (including phenoxy) is 4. The minimum Gasteiger partial charge on any atom is -0.460 e. The highest BCUT2D eigenvalue weighted by Crippen LogP contribution is 2.41. The Hall–Kier alpha value is -1.95. The van der Waals surface area contributed by atoms with Gasteiger partial charge in [0.2, 0.25) is 0 Å². The quantitative estimate of drug-likeness (QED) is 0.449. The van der Waals surface area contributed by atoms with Gasteiger partial charge in [0.05, 0.1) is 13.2 Å². The summed E-state index contributed by atoms with van der Waals surface area (Å²) in [5.41, 5.74) is 0.901. The molecule has 0 bridgehead atoms. The molecule has 2 rings (SSSR count). The molecule has 0 saturated carbocycles. The predicted octanol–water partition coefficient (Wildman–Crippen LogP) is 2.45. The fourth-order valence-electron chi connectivity index (χ4n) is 2.20. The van der Waals surface area contributed by atoms with Crippen LogP contribution in [0.2, 0.25) is 0 Å². The summed E-state index contributed by atoms with van der Waals surface area (Å²) in [6.45, 7) is 5.28. The van der Waals surface area contributed by atoms with E-state index in [1.165, 1.54) is 0 Å². The van der Waals surface area contributed by atoms with Crippen molar-refractivity contribution in [3.8, 4) is 11.5 Å². The van der Waals surface area contributed by atoms with Gasteiger partial charge < -0.3 is 18.9 Å². The Morgan fingerprint density at radius 2 is 1.70 bits per heavy atom. The monoisotopic (exact) mass is 342 g/mol. The van der Waals surface area contributed by atoms with Crippen LogP contribution in [-0.2, 0) is 25.5 Å². The fraction of sp³-hybridized carbons (Fsp3) is 0.500. The van der Waals surface area contributed by atoms with E-state index in [0.717, 1.165) is 5.56 Å². The number of hydrogen-bond donors (Lipinski definition) is 0. The van der Waals surface area contributed by atoms with Crippen molar-refractivity contribution in [3.05, 3.63) is 23.8 Å². The van der Waals surface area contributed by atoms with Crippen molar-refractivity contribution in [2.24, 2.45) is 0 Å². The maximum absolute atomic E-state index is 12.2. The van der Waals surface area contributed by atoms with E-state index in [1.807, 2.05) is 6.92 Å². The number of esters is 2. The van der Waals surface area contributed by atoms with Crippen molar-refractivity contribution in [1.82, 2.24) is 0 Å². The van der Waals surface area contributed by atoms with Crippen LogP contribution in [0.3, 0.4) is 0 Å². The van der Waals surface area contributed by atoms with Crippen molar-refractivity contribution in [1.29, 1.82) is 0 Å². The molecule has 126 valence electrons. The molecular weight excluding hydrogens is 324 g/mol. The maximum atomic E-state index is 12.2. The molecule has 7 heteroatoms. The first-order valence-corrected chi connectivity index (χ1v) is 7.86. The van der Waals surface area contributed by atoms with E-state index < -0.39 is 17.7 Å². The Bertz CT molecular complexity index is 580. The highest BCUT2D eigenvalue weighted by atomic mass is 35.5. The summed E-state index contributed by atoms with van der Waals surface area (Å²) in [5.74, 6) is -3.58. The zero-order valence-electron chi connectivity index (χ0n) is 13.3. The van der Waals surface area contributed by atoms with Gasteiger partial charge in [0.25, 0.3) is 0 Å². The van der Waals surface area contributed by atoms with E-state index in [1.54, 1.807) is 32.0 Å².